The van der Waals surface area contributed by atoms with Crippen molar-refractivity contribution in [2.75, 3.05) is 6.54 Å². The molecule has 6 heteroatoms. The molecule has 110 valence electrons. The molecule has 0 bridgehead atoms. The van der Waals surface area contributed by atoms with Crippen molar-refractivity contribution in [1.82, 2.24) is 10.3 Å². The zero-order chi connectivity index (χ0) is 15.2. The molecule has 6 nitrogen and oxygen atoms in total. The molecular weight excluding hydrogens is 270 g/mol. The number of nitrogens with zero attached hydrogens (tertiary/aromatic N) is 2. The van der Waals surface area contributed by atoms with Crippen LogP contribution in [0.1, 0.15) is 36.5 Å². The lowest BCUT2D eigenvalue weighted by Crippen LogP contribution is -2.25. The molecule has 0 saturated carbocycles. The first-order chi connectivity index (χ1) is 10.1. The number of carbonyl (C=O) groups excluding carboxylic acids is 1. The van der Waals surface area contributed by atoms with E-state index < -0.39 is 10.8 Å². The Hall–Kier alpha value is -2.50. The van der Waals surface area contributed by atoms with Gasteiger partial charge in [-0.1, -0.05) is 38.0 Å². The number of carbonyl (C=O) groups is 1. The van der Waals surface area contributed by atoms with Gasteiger partial charge in [0, 0.05) is 11.9 Å². The second-order valence-corrected chi connectivity index (χ2v) is 4.76. The van der Waals surface area contributed by atoms with Gasteiger partial charge >= 0.3 is 5.69 Å². The standard InChI is InChI=1S/C15H17N3O3/c1-2-3-6-9-16-15(19)14-11-7-4-5-8-12(11)17-10-13(14)18(20)21/h4-5,7-8,10H,2-3,6,9H2,1H3,(H,16,19). The van der Waals surface area contributed by atoms with Crippen LogP contribution in [-0.4, -0.2) is 22.4 Å². The summed E-state index contributed by atoms with van der Waals surface area (Å²) in [6.45, 7) is 2.59. The number of amides is 1. The van der Waals surface area contributed by atoms with Crippen molar-refractivity contribution in [3.05, 3.63) is 46.1 Å². The summed E-state index contributed by atoms with van der Waals surface area (Å²) >= 11 is 0. The number of aromatic nitrogens is 1. The van der Waals surface area contributed by atoms with Gasteiger partial charge in [-0.3, -0.25) is 14.9 Å². The molecule has 0 saturated heterocycles. The molecule has 0 spiro atoms. The van der Waals surface area contributed by atoms with Crippen molar-refractivity contribution in [3.63, 3.8) is 0 Å². The highest BCUT2D eigenvalue weighted by Gasteiger charge is 2.23. The highest BCUT2D eigenvalue weighted by atomic mass is 16.6. The monoisotopic (exact) mass is 287 g/mol. The summed E-state index contributed by atoms with van der Waals surface area (Å²) in [5, 5.41) is 14.4. The van der Waals surface area contributed by atoms with Gasteiger partial charge in [0.2, 0.25) is 0 Å². The number of nitro groups is 1. The first-order valence-corrected chi connectivity index (χ1v) is 6.95. The molecular formula is C15H17N3O3. The van der Waals surface area contributed by atoms with E-state index in [9.17, 15) is 14.9 Å². The number of unbranched alkanes of at least 4 members (excludes halogenated alkanes) is 2. The molecule has 2 rings (SSSR count). The summed E-state index contributed by atoms with van der Waals surface area (Å²) in [4.78, 5) is 26.9. The van der Waals surface area contributed by atoms with E-state index in [1.54, 1.807) is 24.3 Å². The smallest absolute Gasteiger partial charge is 0.300 e. The maximum absolute atomic E-state index is 12.3. The van der Waals surface area contributed by atoms with Gasteiger partial charge in [-0.05, 0) is 12.5 Å². The van der Waals surface area contributed by atoms with Gasteiger partial charge in [0.1, 0.15) is 11.8 Å². The maximum Gasteiger partial charge on any atom is 0.300 e. The second kappa shape index (κ2) is 6.78. The minimum Gasteiger partial charge on any atom is -0.352 e. The largest absolute Gasteiger partial charge is 0.352 e. The third-order valence-corrected chi connectivity index (χ3v) is 3.25. The van der Waals surface area contributed by atoms with Crippen LogP contribution in [-0.2, 0) is 0 Å². The zero-order valence-electron chi connectivity index (χ0n) is 11.8. The maximum atomic E-state index is 12.3. The molecule has 1 heterocycles. The Labute approximate surface area is 122 Å². The van der Waals surface area contributed by atoms with Crippen molar-refractivity contribution < 1.29 is 9.72 Å². The van der Waals surface area contributed by atoms with Crippen LogP contribution in [0.25, 0.3) is 10.9 Å². The number of rotatable bonds is 6. The lowest BCUT2D eigenvalue weighted by Gasteiger charge is -2.08. The third kappa shape index (κ3) is 3.34. The van der Waals surface area contributed by atoms with Crippen LogP contribution in [0.3, 0.4) is 0 Å². The lowest BCUT2D eigenvalue weighted by molar-refractivity contribution is -0.385. The highest BCUT2D eigenvalue weighted by Crippen LogP contribution is 2.25. The second-order valence-electron chi connectivity index (χ2n) is 4.76. The molecule has 1 N–H and O–H groups in total. The summed E-state index contributed by atoms with van der Waals surface area (Å²) in [5.74, 6) is -0.420. The topological polar surface area (TPSA) is 85.1 Å². The van der Waals surface area contributed by atoms with E-state index in [0.717, 1.165) is 25.5 Å². The van der Waals surface area contributed by atoms with Gasteiger partial charge in [-0.2, -0.15) is 0 Å². The fraction of sp³-hybridized carbons (Fsp3) is 0.333. The summed E-state index contributed by atoms with van der Waals surface area (Å²) in [5.41, 5.74) is 0.394. The van der Waals surface area contributed by atoms with Crippen LogP contribution >= 0.6 is 0 Å². The Kier molecular flexibility index (Phi) is 4.81. The van der Waals surface area contributed by atoms with Crippen LogP contribution in [0.2, 0.25) is 0 Å². The molecule has 0 aliphatic carbocycles. The Balaban J connectivity index is 2.37. The number of nitrogens with one attached hydrogen (secondary N) is 1. The Morgan fingerprint density at radius 3 is 2.81 bits per heavy atom. The normalized spacial score (nSPS) is 10.5. The number of hydrogen-bond donors (Lipinski definition) is 1. The minimum atomic E-state index is -0.569. The van der Waals surface area contributed by atoms with E-state index in [1.165, 1.54) is 0 Å². The van der Waals surface area contributed by atoms with Gasteiger partial charge in [0.05, 0.1) is 10.4 Å². The highest BCUT2D eigenvalue weighted by molar-refractivity contribution is 6.09. The molecule has 0 aliphatic heterocycles. The van der Waals surface area contributed by atoms with Crippen molar-refractivity contribution in [3.8, 4) is 0 Å². The molecule has 1 aromatic carbocycles. The predicted molar refractivity (Wildman–Crippen MR) is 80.3 cm³/mol. The number of fused-ring (bicyclic) bond motifs is 1. The zero-order valence-corrected chi connectivity index (χ0v) is 11.8. The van der Waals surface area contributed by atoms with Crippen LogP contribution in [0, 0.1) is 10.1 Å². The van der Waals surface area contributed by atoms with E-state index >= 15 is 0 Å². The van der Waals surface area contributed by atoms with Crippen molar-refractivity contribution >= 4 is 22.5 Å². The van der Waals surface area contributed by atoms with Crippen molar-refractivity contribution in [2.45, 2.75) is 26.2 Å². The predicted octanol–water partition coefficient (Wildman–Crippen LogP) is 3.06. The average Bonchev–Trinajstić information content (AvgIpc) is 2.50. The fourth-order valence-corrected chi connectivity index (χ4v) is 2.17. The number of hydrogen-bond acceptors (Lipinski definition) is 4. The van der Waals surface area contributed by atoms with Gasteiger partial charge in [-0.15, -0.1) is 0 Å². The van der Waals surface area contributed by atoms with E-state index in [-0.39, 0.29) is 11.3 Å². The molecule has 0 unspecified atom stereocenters. The Morgan fingerprint density at radius 1 is 1.33 bits per heavy atom. The number of pyridine rings is 1. The van der Waals surface area contributed by atoms with E-state index in [4.69, 9.17) is 0 Å². The number of para-hydroxylation sites is 1. The molecule has 21 heavy (non-hydrogen) atoms. The van der Waals surface area contributed by atoms with Gasteiger partial charge < -0.3 is 5.32 Å². The molecule has 0 radical (unpaired) electrons. The molecule has 1 aromatic heterocycles. The van der Waals surface area contributed by atoms with Crippen molar-refractivity contribution in [2.24, 2.45) is 0 Å². The third-order valence-electron chi connectivity index (χ3n) is 3.25. The summed E-state index contributed by atoms with van der Waals surface area (Å²) in [7, 11) is 0. The first kappa shape index (κ1) is 14.9. The van der Waals surface area contributed by atoms with Gasteiger partial charge in [0.15, 0.2) is 0 Å². The van der Waals surface area contributed by atoms with E-state index in [1.807, 2.05) is 0 Å². The molecule has 1 amide bonds. The minimum absolute atomic E-state index is 0.0853. The van der Waals surface area contributed by atoms with Gasteiger partial charge in [-0.25, -0.2) is 4.98 Å². The number of benzene rings is 1. The average molecular weight is 287 g/mol. The first-order valence-electron chi connectivity index (χ1n) is 6.95. The van der Waals surface area contributed by atoms with E-state index in [0.29, 0.717) is 17.4 Å². The van der Waals surface area contributed by atoms with Crippen LogP contribution < -0.4 is 5.32 Å². The van der Waals surface area contributed by atoms with Gasteiger partial charge in [0.25, 0.3) is 5.91 Å². The molecule has 2 aromatic rings. The summed E-state index contributed by atoms with van der Waals surface area (Å²) in [6.07, 6.45) is 4.07. The van der Waals surface area contributed by atoms with E-state index in [2.05, 4.69) is 17.2 Å². The SMILES string of the molecule is CCCCCNC(=O)c1c([N+](=O)[O-])cnc2ccccc12. The van der Waals surface area contributed by atoms with Crippen LogP contribution in [0.5, 0.6) is 0 Å². The Bertz CT molecular complexity index is 670. The molecule has 0 fully saturated rings. The fourth-order valence-electron chi connectivity index (χ4n) is 2.17. The quantitative estimate of drug-likeness (QED) is 0.502. The van der Waals surface area contributed by atoms with Crippen LogP contribution in [0.4, 0.5) is 5.69 Å². The Morgan fingerprint density at radius 2 is 2.10 bits per heavy atom. The molecule has 0 atom stereocenters. The van der Waals surface area contributed by atoms with Crippen LogP contribution in [0.15, 0.2) is 30.5 Å². The summed E-state index contributed by atoms with van der Waals surface area (Å²) in [6, 6.07) is 6.93. The summed E-state index contributed by atoms with van der Waals surface area (Å²) < 4.78 is 0. The molecule has 0 aliphatic rings. The van der Waals surface area contributed by atoms with Crippen molar-refractivity contribution in [1.29, 1.82) is 0 Å². The lowest BCUT2D eigenvalue weighted by atomic mass is 10.1.